The number of aromatic amines is 1. The molecule has 3 heterocycles. The van der Waals surface area contributed by atoms with Crippen LogP contribution in [0.1, 0.15) is 6.92 Å². The summed E-state index contributed by atoms with van der Waals surface area (Å²) in [6, 6.07) is 0. The van der Waals surface area contributed by atoms with Crippen LogP contribution >= 0.6 is 0 Å². The van der Waals surface area contributed by atoms with Crippen molar-refractivity contribution in [2.24, 2.45) is 0 Å². The maximum atomic E-state index is 11.6. The summed E-state index contributed by atoms with van der Waals surface area (Å²) in [5, 5.41) is 29.2. The van der Waals surface area contributed by atoms with Gasteiger partial charge in [-0.2, -0.15) is 0 Å². The Morgan fingerprint density at radius 1 is 1.50 bits per heavy atom. The summed E-state index contributed by atoms with van der Waals surface area (Å²) >= 11 is 0. The second-order valence-electron chi connectivity index (χ2n) is 4.85. The van der Waals surface area contributed by atoms with E-state index < -0.39 is 36.2 Å². The molecule has 2 aromatic rings. The molecule has 0 aliphatic carbocycles. The highest BCUT2D eigenvalue weighted by Crippen LogP contribution is 2.36. The van der Waals surface area contributed by atoms with Crippen molar-refractivity contribution in [3.8, 4) is 0 Å². The van der Waals surface area contributed by atoms with Crippen LogP contribution in [0.25, 0.3) is 11.2 Å². The van der Waals surface area contributed by atoms with E-state index in [0.29, 0.717) is 0 Å². The van der Waals surface area contributed by atoms with Gasteiger partial charge in [0.25, 0.3) is 5.56 Å². The largest absolute Gasteiger partial charge is 0.394 e. The number of imidazole rings is 1. The minimum absolute atomic E-state index is 0.103. The van der Waals surface area contributed by atoms with Crippen molar-refractivity contribution >= 4 is 11.2 Å². The second kappa shape index (κ2) is 4.35. The smallest absolute Gasteiger partial charge is 0.278 e. The lowest BCUT2D eigenvalue weighted by atomic mass is 10.0. The van der Waals surface area contributed by atoms with Crippen LogP contribution in [-0.4, -0.2) is 59.8 Å². The van der Waals surface area contributed by atoms with E-state index in [1.54, 1.807) is 0 Å². The van der Waals surface area contributed by atoms with Crippen LogP contribution in [0.3, 0.4) is 0 Å². The van der Waals surface area contributed by atoms with Crippen LogP contribution in [0.4, 0.5) is 0 Å². The van der Waals surface area contributed by atoms with Crippen molar-refractivity contribution in [2.75, 3.05) is 6.61 Å². The number of fused-ring (bicyclic) bond motifs is 1. The molecule has 1 unspecified atom stereocenters. The van der Waals surface area contributed by atoms with Gasteiger partial charge in [-0.15, -0.1) is 0 Å². The summed E-state index contributed by atoms with van der Waals surface area (Å²) in [7, 11) is 0. The summed E-state index contributed by atoms with van der Waals surface area (Å²) < 4.78 is 6.91. The lowest BCUT2D eigenvalue weighted by Gasteiger charge is -2.29. The summed E-state index contributed by atoms with van der Waals surface area (Å²) in [5.74, 6) is 0. The number of nitrogens with zero attached hydrogens (tertiary/aromatic N) is 3. The fourth-order valence-electron chi connectivity index (χ4n) is 2.48. The van der Waals surface area contributed by atoms with Gasteiger partial charge in [-0.3, -0.25) is 9.36 Å². The van der Waals surface area contributed by atoms with Crippen molar-refractivity contribution in [3.63, 3.8) is 0 Å². The first-order chi connectivity index (χ1) is 9.49. The van der Waals surface area contributed by atoms with E-state index in [4.69, 9.17) is 9.84 Å². The zero-order valence-electron chi connectivity index (χ0n) is 10.6. The minimum atomic E-state index is -1.37. The molecule has 0 saturated carbocycles. The third kappa shape index (κ3) is 1.61. The van der Waals surface area contributed by atoms with Gasteiger partial charge in [-0.05, 0) is 6.92 Å². The number of hydrogen-bond acceptors (Lipinski definition) is 7. The summed E-state index contributed by atoms with van der Waals surface area (Å²) in [4.78, 5) is 22.0. The van der Waals surface area contributed by atoms with Gasteiger partial charge in [0, 0.05) is 0 Å². The molecule has 9 nitrogen and oxygen atoms in total. The Balaban J connectivity index is 2.15. The number of rotatable bonds is 2. The first kappa shape index (κ1) is 13.2. The summed E-state index contributed by atoms with van der Waals surface area (Å²) in [6.07, 6.45) is -0.937. The van der Waals surface area contributed by atoms with Crippen LogP contribution in [-0.2, 0) is 10.5 Å². The normalized spacial score (nSPS) is 33.9. The Morgan fingerprint density at radius 2 is 2.25 bits per heavy atom. The van der Waals surface area contributed by atoms with E-state index in [2.05, 4.69) is 15.0 Å². The van der Waals surface area contributed by atoms with Crippen LogP contribution in [0.5, 0.6) is 0 Å². The molecule has 4 atom stereocenters. The third-order valence-corrected chi connectivity index (χ3v) is 3.64. The molecule has 3 rings (SSSR count). The number of aliphatic hydroxyl groups excluding tert-OH is 3. The lowest BCUT2D eigenvalue weighted by Crippen LogP contribution is -2.43. The van der Waals surface area contributed by atoms with Crippen LogP contribution in [0, 0.1) is 0 Å². The highest BCUT2D eigenvalue weighted by molar-refractivity contribution is 5.69. The van der Waals surface area contributed by atoms with Gasteiger partial charge in [-0.1, -0.05) is 0 Å². The summed E-state index contributed by atoms with van der Waals surface area (Å²) in [6.45, 7) is 1.09. The first-order valence-corrected chi connectivity index (χ1v) is 6.05. The number of ether oxygens (including phenoxy) is 1. The van der Waals surface area contributed by atoms with Crippen molar-refractivity contribution in [2.45, 2.75) is 31.0 Å². The van der Waals surface area contributed by atoms with Crippen molar-refractivity contribution in [3.05, 3.63) is 23.0 Å². The molecule has 20 heavy (non-hydrogen) atoms. The molecule has 0 aromatic carbocycles. The molecule has 2 aromatic heterocycles. The zero-order chi connectivity index (χ0) is 14.5. The SMILES string of the molecule is C[C@@]1(n2cnc3c(=O)[nH]cnc32)O[C@H](CO)C(O)[C@@H]1O. The molecule has 4 N–H and O–H groups in total. The van der Waals surface area contributed by atoms with Crippen LogP contribution in [0.2, 0.25) is 0 Å². The third-order valence-electron chi connectivity index (χ3n) is 3.64. The van der Waals surface area contributed by atoms with Crippen LogP contribution < -0.4 is 5.56 Å². The Kier molecular flexibility index (Phi) is 2.87. The molecule has 1 fully saturated rings. The number of aliphatic hydroxyl groups is 3. The Labute approximate surface area is 112 Å². The maximum Gasteiger partial charge on any atom is 0.278 e. The monoisotopic (exact) mass is 282 g/mol. The average Bonchev–Trinajstić information content (AvgIpc) is 2.96. The minimum Gasteiger partial charge on any atom is -0.394 e. The topological polar surface area (TPSA) is 133 Å². The van der Waals surface area contributed by atoms with E-state index in [9.17, 15) is 15.0 Å². The molecular weight excluding hydrogens is 268 g/mol. The van der Waals surface area contributed by atoms with Gasteiger partial charge in [0.15, 0.2) is 16.9 Å². The number of aromatic nitrogens is 4. The highest BCUT2D eigenvalue weighted by Gasteiger charge is 2.52. The second-order valence-corrected chi connectivity index (χ2v) is 4.85. The van der Waals surface area contributed by atoms with E-state index in [-0.39, 0.29) is 11.2 Å². The number of hydrogen-bond donors (Lipinski definition) is 4. The first-order valence-electron chi connectivity index (χ1n) is 6.05. The average molecular weight is 282 g/mol. The molecular formula is C11H14N4O5. The fourth-order valence-corrected chi connectivity index (χ4v) is 2.48. The Morgan fingerprint density at radius 3 is 2.90 bits per heavy atom. The number of nitrogens with one attached hydrogen (secondary N) is 1. The van der Waals surface area contributed by atoms with Gasteiger partial charge in [0.2, 0.25) is 0 Å². The lowest BCUT2D eigenvalue weighted by molar-refractivity contribution is -0.132. The molecule has 9 heteroatoms. The molecule has 0 radical (unpaired) electrons. The molecule has 1 saturated heterocycles. The highest BCUT2D eigenvalue weighted by atomic mass is 16.6. The quantitative estimate of drug-likeness (QED) is 0.496. The molecule has 1 aliphatic heterocycles. The maximum absolute atomic E-state index is 11.6. The predicted octanol–water partition coefficient (Wildman–Crippen LogP) is -2.09. The van der Waals surface area contributed by atoms with E-state index in [1.165, 1.54) is 24.1 Å². The summed E-state index contributed by atoms with van der Waals surface area (Å²) in [5.41, 5.74) is -1.46. The van der Waals surface area contributed by atoms with Crippen molar-refractivity contribution < 1.29 is 20.1 Å². The predicted molar refractivity (Wildman–Crippen MR) is 65.8 cm³/mol. The zero-order valence-corrected chi connectivity index (χ0v) is 10.6. The van der Waals surface area contributed by atoms with E-state index >= 15 is 0 Å². The molecule has 1 aliphatic rings. The van der Waals surface area contributed by atoms with E-state index in [0.717, 1.165) is 0 Å². The van der Waals surface area contributed by atoms with Crippen LogP contribution in [0.15, 0.2) is 17.4 Å². The Hall–Kier alpha value is -1.81. The molecule has 0 amide bonds. The molecule has 0 spiro atoms. The Bertz CT molecular complexity index is 697. The van der Waals surface area contributed by atoms with Crippen molar-refractivity contribution in [1.82, 2.24) is 19.5 Å². The van der Waals surface area contributed by atoms with Gasteiger partial charge >= 0.3 is 0 Å². The van der Waals surface area contributed by atoms with Gasteiger partial charge < -0.3 is 25.0 Å². The fraction of sp³-hybridized carbons (Fsp3) is 0.545. The van der Waals surface area contributed by atoms with Crippen molar-refractivity contribution in [1.29, 1.82) is 0 Å². The van der Waals surface area contributed by atoms with E-state index in [1.807, 2.05) is 0 Å². The number of H-pyrrole nitrogens is 1. The van der Waals surface area contributed by atoms with Gasteiger partial charge in [-0.25, -0.2) is 9.97 Å². The van der Waals surface area contributed by atoms with Gasteiger partial charge in [0.05, 0.1) is 19.3 Å². The molecule has 0 bridgehead atoms. The molecule has 108 valence electrons. The van der Waals surface area contributed by atoms with Gasteiger partial charge in [0.1, 0.15) is 18.3 Å². The standard InChI is InChI=1S/C11H14N4O5/c1-11(8(18)7(17)5(2-16)20-11)15-4-14-6-9(15)12-3-13-10(6)19/h3-5,7-8,16-18H,2H2,1H3,(H,12,13,19)/t5-,7?,8+,11-/m1/s1.